The highest BCUT2D eigenvalue weighted by atomic mass is 35.5. The van der Waals surface area contributed by atoms with E-state index in [4.69, 9.17) is 37.1 Å². The summed E-state index contributed by atoms with van der Waals surface area (Å²) in [6.07, 6.45) is 1.39. The summed E-state index contributed by atoms with van der Waals surface area (Å²) >= 11 is 12.4. The van der Waals surface area contributed by atoms with Crippen LogP contribution in [0.3, 0.4) is 0 Å². The fourth-order valence-corrected chi connectivity index (χ4v) is 5.59. The minimum atomic E-state index is -4.01. The Morgan fingerprint density at radius 2 is 1.85 bits per heavy atom. The fourth-order valence-electron chi connectivity index (χ4n) is 5.17. The second-order valence-electron chi connectivity index (χ2n) is 10.7. The normalized spacial score (nSPS) is 19.3. The highest BCUT2D eigenvalue weighted by Crippen LogP contribution is 2.35. The summed E-state index contributed by atoms with van der Waals surface area (Å²) in [4.78, 5) is 15.0. The highest BCUT2D eigenvalue weighted by Gasteiger charge is 2.46. The minimum absolute atomic E-state index is 0.0225. The molecular weight excluding hydrogens is 581 g/mol. The molecule has 2 atom stereocenters. The summed E-state index contributed by atoms with van der Waals surface area (Å²) in [7, 11) is 0. The van der Waals surface area contributed by atoms with Gasteiger partial charge in [0.25, 0.3) is 5.91 Å². The number of hydrogen-bond donors (Lipinski definition) is 3. The molecule has 0 radical (unpaired) electrons. The van der Waals surface area contributed by atoms with E-state index in [-0.39, 0.29) is 23.8 Å². The van der Waals surface area contributed by atoms with Crippen molar-refractivity contribution in [3.8, 4) is 5.75 Å². The number of hydrogen-bond acceptors (Lipinski definition) is 7. The Labute approximate surface area is 246 Å². The zero-order chi connectivity index (χ0) is 29.2. The van der Waals surface area contributed by atoms with Crippen LogP contribution in [0.4, 0.5) is 8.78 Å². The van der Waals surface area contributed by atoms with Crippen molar-refractivity contribution in [3.05, 3.63) is 63.8 Å². The fraction of sp³-hybridized carbons (Fsp3) is 0.483. The van der Waals surface area contributed by atoms with Gasteiger partial charge in [0.15, 0.2) is 5.76 Å². The van der Waals surface area contributed by atoms with E-state index >= 15 is 8.78 Å². The molecule has 0 aliphatic carbocycles. The van der Waals surface area contributed by atoms with E-state index in [9.17, 15) is 15.0 Å². The molecule has 0 bridgehead atoms. The van der Waals surface area contributed by atoms with Crippen molar-refractivity contribution in [2.24, 2.45) is 0 Å². The summed E-state index contributed by atoms with van der Waals surface area (Å²) in [5.41, 5.74) is -0.535. The molecule has 1 amide bonds. The predicted octanol–water partition coefficient (Wildman–Crippen LogP) is 5.07. The first-order valence-electron chi connectivity index (χ1n) is 13.6. The molecule has 8 nitrogen and oxygen atoms in total. The standard InChI is InChI=1S/C29H32Cl2F2N2O6/c30-20-4-6-23-19(13-20)15-25(41-23)29(32,33)27(37)34-22(16-35-9-1-2-10-35)26(36)18-3-5-24(21(31)14-18)40-17-28(38)7-11-39-12-8-28/h3-6,13-15,22,26,36,38H,1-2,7-12,16-17H2,(H,34,37). The van der Waals surface area contributed by atoms with Crippen molar-refractivity contribution in [1.82, 2.24) is 10.2 Å². The van der Waals surface area contributed by atoms with Crippen molar-refractivity contribution < 1.29 is 37.7 Å². The summed E-state index contributed by atoms with van der Waals surface area (Å²) in [5, 5.41) is 25.2. The number of aliphatic hydroxyl groups is 2. The van der Waals surface area contributed by atoms with Gasteiger partial charge in [0, 0.05) is 43.0 Å². The van der Waals surface area contributed by atoms with Crippen molar-refractivity contribution in [3.63, 3.8) is 0 Å². The maximum Gasteiger partial charge on any atom is 0.380 e. The summed E-state index contributed by atoms with van der Waals surface area (Å²) in [6.45, 7) is 2.50. The molecule has 2 unspecified atom stereocenters. The van der Waals surface area contributed by atoms with Crippen LogP contribution in [-0.2, 0) is 15.5 Å². The Morgan fingerprint density at radius 3 is 2.56 bits per heavy atom. The molecule has 12 heteroatoms. The molecule has 5 rings (SSSR count). The average molecular weight is 613 g/mol. The number of furan rings is 1. The van der Waals surface area contributed by atoms with Gasteiger partial charge in [-0.1, -0.05) is 29.3 Å². The van der Waals surface area contributed by atoms with Gasteiger partial charge >= 0.3 is 5.92 Å². The zero-order valence-electron chi connectivity index (χ0n) is 22.3. The lowest BCUT2D eigenvalue weighted by molar-refractivity contribution is -0.151. The number of nitrogens with zero attached hydrogens (tertiary/aromatic N) is 1. The predicted molar refractivity (Wildman–Crippen MR) is 150 cm³/mol. The molecule has 3 aromatic rings. The number of benzene rings is 2. The van der Waals surface area contributed by atoms with Crippen LogP contribution in [0.25, 0.3) is 11.0 Å². The minimum Gasteiger partial charge on any atom is -0.489 e. The number of amides is 1. The third kappa shape index (κ3) is 6.96. The molecule has 0 spiro atoms. The van der Waals surface area contributed by atoms with Gasteiger partial charge in [-0.2, -0.15) is 8.78 Å². The lowest BCUT2D eigenvalue weighted by Crippen LogP contribution is -2.50. The molecule has 1 aromatic heterocycles. The van der Waals surface area contributed by atoms with Crippen LogP contribution in [0.1, 0.15) is 43.1 Å². The molecule has 0 saturated carbocycles. The maximum absolute atomic E-state index is 15.3. The van der Waals surface area contributed by atoms with E-state index in [0.717, 1.165) is 32.0 Å². The van der Waals surface area contributed by atoms with Crippen molar-refractivity contribution in [1.29, 1.82) is 0 Å². The van der Waals surface area contributed by atoms with Gasteiger partial charge in [-0.05, 0) is 67.9 Å². The smallest absolute Gasteiger partial charge is 0.380 e. The first-order chi connectivity index (χ1) is 19.5. The average Bonchev–Trinajstić information content (AvgIpc) is 3.62. The number of halogens is 4. The maximum atomic E-state index is 15.3. The van der Waals surface area contributed by atoms with Crippen molar-refractivity contribution in [2.45, 2.75) is 49.4 Å². The topological polar surface area (TPSA) is 104 Å². The van der Waals surface area contributed by atoms with E-state index < -0.39 is 35.3 Å². The first-order valence-corrected chi connectivity index (χ1v) is 14.3. The molecule has 2 aliphatic heterocycles. The molecule has 2 saturated heterocycles. The summed E-state index contributed by atoms with van der Waals surface area (Å²) < 4.78 is 46.9. The number of nitrogens with one attached hydrogen (secondary N) is 1. The Bertz CT molecular complexity index is 1370. The van der Waals surface area contributed by atoms with Gasteiger partial charge in [0.1, 0.15) is 29.6 Å². The quantitative estimate of drug-likeness (QED) is 0.294. The third-order valence-electron chi connectivity index (χ3n) is 7.64. The SMILES string of the molecule is O=C(NC(CN1CCCC1)C(O)c1ccc(OCC2(O)CCOCC2)c(Cl)c1)C(F)(F)c1cc2cc(Cl)ccc2o1. The van der Waals surface area contributed by atoms with E-state index in [1.165, 1.54) is 24.3 Å². The Balaban J connectivity index is 1.32. The summed E-state index contributed by atoms with van der Waals surface area (Å²) in [6, 6.07) is 9.02. The number of rotatable bonds is 10. The van der Waals surface area contributed by atoms with Gasteiger partial charge in [-0.15, -0.1) is 0 Å². The van der Waals surface area contributed by atoms with E-state index in [2.05, 4.69) is 5.32 Å². The number of carbonyl (C=O) groups is 1. The van der Waals surface area contributed by atoms with Crippen LogP contribution in [-0.4, -0.2) is 72.1 Å². The van der Waals surface area contributed by atoms with Crippen LogP contribution in [0.5, 0.6) is 5.75 Å². The number of alkyl halides is 2. The molecule has 2 aliphatic rings. The summed E-state index contributed by atoms with van der Waals surface area (Å²) in [5.74, 6) is -6.12. The lowest BCUT2D eigenvalue weighted by Gasteiger charge is -2.32. The number of aliphatic hydroxyl groups excluding tert-OH is 1. The second kappa shape index (κ2) is 12.4. The second-order valence-corrected chi connectivity index (χ2v) is 11.6. The Kier molecular flexibility index (Phi) is 9.08. The van der Waals surface area contributed by atoms with Gasteiger partial charge in [-0.3, -0.25) is 4.79 Å². The van der Waals surface area contributed by atoms with Crippen LogP contribution in [0.2, 0.25) is 10.0 Å². The van der Waals surface area contributed by atoms with E-state index in [1.54, 1.807) is 12.1 Å². The number of ether oxygens (including phenoxy) is 2. The molecule has 222 valence electrons. The largest absolute Gasteiger partial charge is 0.489 e. The van der Waals surface area contributed by atoms with Crippen LogP contribution in [0, 0.1) is 0 Å². The van der Waals surface area contributed by atoms with Crippen LogP contribution >= 0.6 is 23.2 Å². The van der Waals surface area contributed by atoms with Crippen LogP contribution in [0.15, 0.2) is 46.9 Å². The zero-order valence-corrected chi connectivity index (χ0v) is 23.8. The van der Waals surface area contributed by atoms with Gasteiger partial charge < -0.3 is 34.3 Å². The van der Waals surface area contributed by atoms with Gasteiger partial charge in [0.2, 0.25) is 0 Å². The Hall–Kier alpha value is -2.47. The number of carbonyl (C=O) groups excluding carboxylic acids is 1. The molecular formula is C29H32Cl2F2N2O6. The molecule has 3 N–H and O–H groups in total. The molecule has 3 heterocycles. The van der Waals surface area contributed by atoms with Gasteiger partial charge in [-0.25, -0.2) is 0 Å². The monoisotopic (exact) mass is 612 g/mol. The molecule has 2 aromatic carbocycles. The first kappa shape index (κ1) is 30.0. The van der Waals surface area contributed by atoms with E-state index in [0.29, 0.717) is 47.8 Å². The van der Waals surface area contributed by atoms with Gasteiger partial charge in [0.05, 0.1) is 11.1 Å². The Morgan fingerprint density at radius 1 is 1.12 bits per heavy atom. The van der Waals surface area contributed by atoms with E-state index in [1.807, 2.05) is 4.90 Å². The molecule has 2 fully saturated rings. The number of likely N-dealkylation sites (tertiary alicyclic amines) is 1. The van der Waals surface area contributed by atoms with Crippen molar-refractivity contribution >= 4 is 40.1 Å². The van der Waals surface area contributed by atoms with Crippen LogP contribution < -0.4 is 10.1 Å². The highest BCUT2D eigenvalue weighted by molar-refractivity contribution is 6.32. The lowest BCUT2D eigenvalue weighted by atomic mass is 9.96. The van der Waals surface area contributed by atoms with Crippen molar-refractivity contribution in [2.75, 3.05) is 39.5 Å². The third-order valence-corrected chi connectivity index (χ3v) is 8.17. The molecule has 41 heavy (non-hydrogen) atoms. The number of fused-ring (bicyclic) bond motifs is 1.